The minimum absolute atomic E-state index is 0.0511. The molecule has 0 unspecified atom stereocenters. The Morgan fingerprint density at radius 2 is 1.95 bits per heavy atom. The van der Waals surface area contributed by atoms with Gasteiger partial charge in [-0.2, -0.15) is 0 Å². The van der Waals surface area contributed by atoms with Gasteiger partial charge < -0.3 is 5.32 Å². The summed E-state index contributed by atoms with van der Waals surface area (Å²) in [5, 5.41) is 14.5. The van der Waals surface area contributed by atoms with Crippen LogP contribution in [0.2, 0.25) is 0 Å². The monoisotopic (exact) mass is 287 g/mol. The number of nitrogens with zero attached hydrogens (tertiary/aromatic N) is 2. The van der Waals surface area contributed by atoms with E-state index in [1.165, 1.54) is 23.9 Å². The van der Waals surface area contributed by atoms with Crippen LogP contribution < -0.4 is 5.32 Å². The van der Waals surface area contributed by atoms with Gasteiger partial charge in [0.05, 0.1) is 10.6 Å². The molecule has 0 heterocycles. The van der Waals surface area contributed by atoms with E-state index in [1.54, 1.807) is 12.1 Å². The van der Waals surface area contributed by atoms with Crippen LogP contribution in [0.1, 0.15) is 0 Å². The number of anilines is 1. The van der Waals surface area contributed by atoms with Crippen LogP contribution in [0.5, 0.6) is 0 Å². The lowest BCUT2D eigenvalue weighted by molar-refractivity contribution is -0.384. The van der Waals surface area contributed by atoms with E-state index in [0.29, 0.717) is 10.9 Å². The molecule has 2 aromatic rings. The van der Waals surface area contributed by atoms with E-state index in [2.05, 4.69) is 10.3 Å². The molecule has 0 saturated carbocycles. The number of non-ortho nitro benzene ring substituents is 1. The number of aliphatic imine (C=N–C) groups is 1. The zero-order chi connectivity index (χ0) is 14.4. The van der Waals surface area contributed by atoms with Gasteiger partial charge in [-0.15, -0.1) is 0 Å². The zero-order valence-corrected chi connectivity index (χ0v) is 11.6. The van der Waals surface area contributed by atoms with Gasteiger partial charge in [0.25, 0.3) is 5.69 Å². The molecule has 102 valence electrons. The first-order chi connectivity index (χ1) is 9.69. The summed E-state index contributed by atoms with van der Waals surface area (Å²) in [6.45, 7) is 0. The van der Waals surface area contributed by atoms with Crippen molar-refractivity contribution < 1.29 is 4.92 Å². The number of hydrogen-bond acceptors (Lipinski definition) is 4. The molecule has 0 aliphatic carbocycles. The summed E-state index contributed by atoms with van der Waals surface area (Å²) in [5.41, 5.74) is 1.52. The van der Waals surface area contributed by atoms with Gasteiger partial charge >= 0.3 is 0 Å². The van der Waals surface area contributed by atoms with Crippen molar-refractivity contribution in [2.45, 2.75) is 0 Å². The van der Waals surface area contributed by atoms with Crippen molar-refractivity contribution >= 4 is 34.0 Å². The average Bonchev–Trinajstić information content (AvgIpc) is 2.48. The summed E-state index contributed by atoms with van der Waals surface area (Å²) < 4.78 is 0. The van der Waals surface area contributed by atoms with Crippen molar-refractivity contribution in [3.8, 4) is 0 Å². The van der Waals surface area contributed by atoms with E-state index in [4.69, 9.17) is 0 Å². The van der Waals surface area contributed by atoms with Crippen LogP contribution in [-0.2, 0) is 0 Å². The minimum Gasteiger partial charge on any atom is -0.334 e. The number of rotatable bonds is 3. The standard InChI is InChI=1S/C14H13N3O2S/c1-20-14(15-11-6-3-2-4-7-11)16-12-8-5-9-13(10-12)17(18)19/h2-10H,1H3,(H,15,16). The van der Waals surface area contributed by atoms with Crippen molar-refractivity contribution in [1.29, 1.82) is 0 Å². The van der Waals surface area contributed by atoms with E-state index in [1.807, 2.05) is 36.6 Å². The maximum Gasteiger partial charge on any atom is 0.271 e. The second kappa shape index (κ2) is 6.72. The third-order valence-corrected chi connectivity index (χ3v) is 3.07. The summed E-state index contributed by atoms with van der Waals surface area (Å²) in [6.07, 6.45) is 1.89. The van der Waals surface area contributed by atoms with Gasteiger partial charge in [-0.05, 0) is 24.5 Å². The highest BCUT2D eigenvalue weighted by Crippen LogP contribution is 2.20. The molecule has 6 heteroatoms. The smallest absolute Gasteiger partial charge is 0.271 e. The third-order valence-electron chi connectivity index (χ3n) is 2.49. The van der Waals surface area contributed by atoms with Crippen LogP contribution in [0.15, 0.2) is 59.6 Å². The van der Waals surface area contributed by atoms with Crippen molar-refractivity contribution in [2.75, 3.05) is 11.6 Å². The van der Waals surface area contributed by atoms with E-state index in [-0.39, 0.29) is 5.69 Å². The molecule has 0 amide bonds. The van der Waals surface area contributed by atoms with Crippen molar-refractivity contribution in [3.05, 3.63) is 64.7 Å². The molecule has 20 heavy (non-hydrogen) atoms. The molecule has 0 spiro atoms. The number of para-hydroxylation sites is 1. The Hall–Kier alpha value is -2.34. The topological polar surface area (TPSA) is 67.5 Å². The Morgan fingerprint density at radius 3 is 2.60 bits per heavy atom. The quantitative estimate of drug-likeness (QED) is 0.400. The third kappa shape index (κ3) is 3.83. The van der Waals surface area contributed by atoms with Gasteiger partial charge in [0.2, 0.25) is 0 Å². The van der Waals surface area contributed by atoms with Gasteiger partial charge in [0.15, 0.2) is 5.17 Å². The molecule has 0 aliphatic rings. The van der Waals surface area contributed by atoms with E-state index in [9.17, 15) is 10.1 Å². The van der Waals surface area contributed by atoms with E-state index < -0.39 is 4.92 Å². The predicted octanol–water partition coefficient (Wildman–Crippen LogP) is 4.06. The van der Waals surface area contributed by atoms with Crippen LogP contribution in [-0.4, -0.2) is 16.3 Å². The van der Waals surface area contributed by atoms with Gasteiger partial charge in [0, 0.05) is 17.8 Å². The summed E-state index contributed by atoms with van der Waals surface area (Å²) in [4.78, 5) is 14.8. The molecule has 0 saturated heterocycles. The maximum atomic E-state index is 10.7. The van der Waals surface area contributed by atoms with E-state index in [0.717, 1.165) is 5.69 Å². The van der Waals surface area contributed by atoms with Crippen LogP contribution in [0.4, 0.5) is 17.1 Å². The van der Waals surface area contributed by atoms with Crippen LogP contribution >= 0.6 is 11.8 Å². The highest BCUT2D eigenvalue weighted by atomic mass is 32.2. The van der Waals surface area contributed by atoms with Crippen molar-refractivity contribution in [3.63, 3.8) is 0 Å². The first-order valence-electron chi connectivity index (χ1n) is 5.88. The molecule has 2 aromatic carbocycles. The molecular formula is C14H13N3O2S. The van der Waals surface area contributed by atoms with Crippen LogP contribution in [0.25, 0.3) is 0 Å². The number of amidine groups is 1. The Balaban J connectivity index is 2.20. The molecule has 0 fully saturated rings. The Morgan fingerprint density at radius 1 is 1.20 bits per heavy atom. The van der Waals surface area contributed by atoms with Gasteiger partial charge in [0.1, 0.15) is 0 Å². The fraction of sp³-hybridized carbons (Fsp3) is 0.0714. The lowest BCUT2D eigenvalue weighted by atomic mass is 10.3. The second-order valence-corrected chi connectivity index (χ2v) is 4.68. The number of hydrogen-bond donors (Lipinski definition) is 1. The lowest BCUT2D eigenvalue weighted by Gasteiger charge is -2.07. The zero-order valence-electron chi connectivity index (χ0n) is 10.8. The Kier molecular flexibility index (Phi) is 4.73. The SMILES string of the molecule is CSC(=Nc1ccccc1)Nc1cccc([N+](=O)[O-])c1. The average molecular weight is 287 g/mol. The number of nitrogens with one attached hydrogen (secondary N) is 1. The maximum absolute atomic E-state index is 10.7. The molecule has 2 rings (SSSR count). The normalized spacial score (nSPS) is 11.2. The summed E-state index contributed by atoms with van der Waals surface area (Å²) in [7, 11) is 0. The van der Waals surface area contributed by atoms with E-state index >= 15 is 0 Å². The van der Waals surface area contributed by atoms with Crippen LogP contribution in [0.3, 0.4) is 0 Å². The summed E-state index contributed by atoms with van der Waals surface area (Å²) in [6, 6.07) is 15.9. The number of nitro groups is 1. The molecule has 0 bridgehead atoms. The Labute approximate surface area is 120 Å². The molecule has 0 atom stereocenters. The molecule has 0 aliphatic heterocycles. The molecule has 0 radical (unpaired) electrons. The highest BCUT2D eigenvalue weighted by Gasteiger charge is 2.06. The number of thioether (sulfide) groups is 1. The molecule has 0 aromatic heterocycles. The minimum atomic E-state index is -0.418. The molecular weight excluding hydrogens is 274 g/mol. The molecule has 1 N–H and O–H groups in total. The van der Waals surface area contributed by atoms with Crippen LogP contribution in [0, 0.1) is 10.1 Å². The lowest BCUT2D eigenvalue weighted by Crippen LogP contribution is -2.06. The highest BCUT2D eigenvalue weighted by molar-refractivity contribution is 8.13. The fourth-order valence-corrected chi connectivity index (χ4v) is 1.98. The fourth-order valence-electron chi connectivity index (χ4n) is 1.57. The summed E-state index contributed by atoms with van der Waals surface area (Å²) >= 11 is 1.44. The molecule has 5 nitrogen and oxygen atoms in total. The van der Waals surface area contributed by atoms with Gasteiger partial charge in [-0.25, -0.2) is 4.99 Å². The first kappa shape index (κ1) is 14.1. The first-order valence-corrected chi connectivity index (χ1v) is 7.11. The predicted molar refractivity (Wildman–Crippen MR) is 83.8 cm³/mol. The number of benzene rings is 2. The Bertz CT molecular complexity index is 629. The van der Waals surface area contributed by atoms with Gasteiger partial charge in [-0.1, -0.05) is 36.0 Å². The second-order valence-electron chi connectivity index (χ2n) is 3.89. The van der Waals surface area contributed by atoms with Gasteiger partial charge in [-0.3, -0.25) is 10.1 Å². The van der Waals surface area contributed by atoms with Crippen molar-refractivity contribution in [2.24, 2.45) is 4.99 Å². The summed E-state index contributed by atoms with van der Waals surface area (Å²) in [5.74, 6) is 0. The number of nitro benzene ring substituents is 1. The largest absolute Gasteiger partial charge is 0.334 e. The van der Waals surface area contributed by atoms with Crippen molar-refractivity contribution in [1.82, 2.24) is 0 Å².